The first-order chi connectivity index (χ1) is 10.2. The summed E-state index contributed by atoms with van der Waals surface area (Å²) in [5, 5.41) is 3.16. The third-order valence-corrected chi connectivity index (χ3v) is 4.72. The average Bonchev–Trinajstić information content (AvgIpc) is 2.54. The third-order valence-electron chi connectivity index (χ3n) is 4.35. The lowest BCUT2D eigenvalue weighted by molar-refractivity contribution is 0.0973. The maximum Gasteiger partial charge on any atom is 0.211 e. The molecule has 0 amide bonds. The number of Topliss-reactive ketones (excluding diaryl/α,β-unsaturated/α-hetero) is 2. The van der Waals surface area contributed by atoms with E-state index in [-0.39, 0.29) is 22.3 Å². The Morgan fingerprint density at radius 3 is 2.29 bits per heavy atom. The molecule has 0 atom stereocenters. The molecule has 21 heavy (non-hydrogen) atoms. The highest BCUT2D eigenvalue weighted by Crippen LogP contribution is 2.28. The highest BCUT2D eigenvalue weighted by atomic mass is 35.5. The van der Waals surface area contributed by atoms with Gasteiger partial charge in [-0.25, -0.2) is 0 Å². The molecule has 4 heteroatoms. The van der Waals surface area contributed by atoms with Gasteiger partial charge in [0.2, 0.25) is 11.6 Å². The summed E-state index contributed by atoms with van der Waals surface area (Å²) in [5.41, 5.74) is 1.11. The Morgan fingerprint density at radius 2 is 1.62 bits per heavy atom. The quantitative estimate of drug-likeness (QED) is 0.926. The molecular weight excluding hydrogens is 286 g/mol. The number of allylic oxidation sites excluding steroid dienone is 2. The fourth-order valence-corrected chi connectivity index (χ4v) is 3.40. The summed E-state index contributed by atoms with van der Waals surface area (Å²) >= 11 is 6.12. The zero-order valence-electron chi connectivity index (χ0n) is 11.8. The van der Waals surface area contributed by atoms with Crippen LogP contribution in [0.5, 0.6) is 0 Å². The fraction of sp³-hybridized carbons (Fsp3) is 0.412. The summed E-state index contributed by atoms with van der Waals surface area (Å²) in [6.45, 7) is 0.715. The normalized spacial score (nSPS) is 19.7. The predicted octanol–water partition coefficient (Wildman–Crippen LogP) is 3.69. The number of ketones is 2. The molecule has 1 aromatic rings. The lowest BCUT2D eigenvalue weighted by Gasteiger charge is -2.24. The molecule has 0 radical (unpaired) electrons. The number of carbonyl (C=O) groups is 2. The van der Waals surface area contributed by atoms with Gasteiger partial charge in [0.25, 0.3) is 0 Å². The molecule has 0 bridgehead atoms. The minimum atomic E-state index is -0.266. The van der Waals surface area contributed by atoms with Crippen LogP contribution in [0.15, 0.2) is 35.0 Å². The van der Waals surface area contributed by atoms with Crippen molar-refractivity contribution in [2.75, 3.05) is 6.54 Å². The molecule has 2 aliphatic rings. The monoisotopic (exact) mass is 303 g/mol. The average molecular weight is 304 g/mol. The number of rotatable bonds is 3. The van der Waals surface area contributed by atoms with E-state index in [0.717, 1.165) is 0 Å². The Bertz CT molecular complexity index is 615. The lowest BCUT2D eigenvalue weighted by Crippen LogP contribution is -2.32. The minimum Gasteiger partial charge on any atom is -0.380 e. The second kappa shape index (κ2) is 6.02. The highest BCUT2D eigenvalue weighted by Gasteiger charge is 2.31. The van der Waals surface area contributed by atoms with E-state index in [4.69, 9.17) is 11.6 Å². The van der Waals surface area contributed by atoms with E-state index in [9.17, 15) is 9.59 Å². The van der Waals surface area contributed by atoms with Gasteiger partial charge in [-0.05, 0) is 18.8 Å². The molecule has 0 aliphatic heterocycles. The number of carbonyl (C=O) groups excluding carboxylic acids is 2. The van der Waals surface area contributed by atoms with Crippen LogP contribution in [0.4, 0.5) is 0 Å². The van der Waals surface area contributed by atoms with E-state index in [1.165, 1.54) is 32.1 Å². The van der Waals surface area contributed by atoms with Gasteiger partial charge in [0.15, 0.2) is 0 Å². The van der Waals surface area contributed by atoms with E-state index < -0.39 is 0 Å². The first-order valence-electron chi connectivity index (χ1n) is 7.50. The summed E-state index contributed by atoms with van der Waals surface area (Å²) in [6, 6.07) is 6.84. The molecule has 2 aliphatic carbocycles. The van der Waals surface area contributed by atoms with Crippen LogP contribution in [-0.2, 0) is 0 Å². The van der Waals surface area contributed by atoms with Crippen LogP contribution >= 0.6 is 11.6 Å². The van der Waals surface area contributed by atoms with Gasteiger partial charge in [-0.1, -0.05) is 55.1 Å². The van der Waals surface area contributed by atoms with Gasteiger partial charge in [0.05, 0.1) is 0 Å². The number of nitrogens with one attached hydrogen (secondary N) is 1. The number of benzene rings is 1. The van der Waals surface area contributed by atoms with Crippen LogP contribution in [0.3, 0.4) is 0 Å². The smallest absolute Gasteiger partial charge is 0.211 e. The standard InChI is InChI=1S/C17H18ClNO2/c18-14-15(19-10-11-6-2-1-3-7-11)17(21)13-9-5-4-8-12(13)16(14)20/h4-5,8-9,11,19H,1-3,6-7,10H2. The van der Waals surface area contributed by atoms with Gasteiger partial charge in [-0.15, -0.1) is 0 Å². The van der Waals surface area contributed by atoms with Crippen LogP contribution in [0.25, 0.3) is 0 Å². The van der Waals surface area contributed by atoms with Crippen molar-refractivity contribution in [3.8, 4) is 0 Å². The van der Waals surface area contributed by atoms with Crippen molar-refractivity contribution >= 4 is 23.2 Å². The zero-order chi connectivity index (χ0) is 14.8. The number of halogens is 1. The minimum absolute atomic E-state index is 0.0227. The Hall–Kier alpha value is -1.61. The van der Waals surface area contributed by atoms with Gasteiger partial charge >= 0.3 is 0 Å². The molecule has 0 unspecified atom stereocenters. The summed E-state index contributed by atoms with van der Waals surface area (Å²) < 4.78 is 0. The molecule has 0 spiro atoms. The summed E-state index contributed by atoms with van der Waals surface area (Å²) in [6.07, 6.45) is 6.14. The summed E-state index contributed by atoms with van der Waals surface area (Å²) in [7, 11) is 0. The van der Waals surface area contributed by atoms with Crippen molar-refractivity contribution < 1.29 is 9.59 Å². The Kier molecular flexibility index (Phi) is 4.11. The molecule has 3 nitrogen and oxygen atoms in total. The Balaban J connectivity index is 1.79. The van der Waals surface area contributed by atoms with E-state index >= 15 is 0 Å². The van der Waals surface area contributed by atoms with Gasteiger partial charge in [0, 0.05) is 17.7 Å². The molecule has 0 aromatic heterocycles. The maximum atomic E-state index is 12.5. The van der Waals surface area contributed by atoms with Gasteiger partial charge in [-0.3, -0.25) is 9.59 Å². The van der Waals surface area contributed by atoms with E-state index in [1.807, 2.05) is 0 Å². The van der Waals surface area contributed by atoms with Gasteiger partial charge < -0.3 is 5.32 Å². The van der Waals surface area contributed by atoms with Crippen molar-refractivity contribution in [1.29, 1.82) is 0 Å². The van der Waals surface area contributed by atoms with Crippen LogP contribution in [0.2, 0.25) is 0 Å². The van der Waals surface area contributed by atoms with Crippen LogP contribution in [0, 0.1) is 5.92 Å². The largest absolute Gasteiger partial charge is 0.380 e. The molecule has 1 N–H and O–H groups in total. The predicted molar refractivity (Wildman–Crippen MR) is 82.6 cm³/mol. The van der Waals surface area contributed by atoms with Crippen LogP contribution in [0.1, 0.15) is 52.8 Å². The van der Waals surface area contributed by atoms with E-state index in [2.05, 4.69) is 5.32 Å². The molecule has 1 saturated carbocycles. The number of hydrogen-bond acceptors (Lipinski definition) is 3. The SMILES string of the molecule is O=C1C(Cl)=C(NCC2CCCCC2)C(=O)c2ccccc21. The Morgan fingerprint density at radius 1 is 1.00 bits per heavy atom. The second-order valence-corrected chi connectivity index (χ2v) is 6.16. The van der Waals surface area contributed by atoms with E-state index in [0.29, 0.717) is 23.6 Å². The summed E-state index contributed by atoms with van der Waals surface area (Å²) in [4.78, 5) is 24.7. The van der Waals surface area contributed by atoms with Crippen LogP contribution < -0.4 is 5.32 Å². The Labute approximate surface area is 129 Å². The molecule has 3 rings (SSSR count). The first-order valence-corrected chi connectivity index (χ1v) is 7.88. The van der Waals surface area contributed by atoms with Crippen molar-refractivity contribution in [2.45, 2.75) is 32.1 Å². The zero-order valence-corrected chi connectivity index (χ0v) is 12.6. The van der Waals surface area contributed by atoms with Gasteiger partial charge in [0.1, 0.15) is 10.7 Å². The van der Waals surface area contributed by atoms with Crippen molar-refractivity contribution in [1.82, 2.24) is 5.32 Å². The number of hydrogen-bond donors (Lipinski definition) is 1. The molecule has 1 aromatic carbocycles. The van der Waals surface area contributed by atoms with Crippen molar-refractivity contribution in [3.63, 3.8) is 0 Å². The lowest BCUT2D eigenvalue weighted by atomic mass is 9.88. The highest BCUT2D eigenvalue weighted by molar-refractivity contribution is 6.49. The third kappa shape index (κ3) is 2.75. The van der Waals surface area contributed by atoms with Crippen molar-refractivity contribution in [2.24, 2.45) is 5.92 Å². The maximum absolute atomic E-state index is 12.5. The fourth-order valence-electron chi connectivity index (χ4n) is 3.14. The van der Waals surface area contributed by atoms with Gasteiger partial charge in [-0.2, -0.15) is 0 Å². The topological polar surface area (TPSA) is 46.2 Å². The second-order valence-electron chi connectivity index (χ2n) is 5.78. The molecular formula is C17H18ClNO2. The van der Waals surface area contributed by atoms with Crippen molar-refractivity contribution in [3.05, 3.63) is 46.1 Å². The molecule has 1 fully saturated rings. The van der Waals surface area contributed by atoms with E-state index in [1.54, 1.807) is 24.3 Å². The molecule has 0 saturated heterocycles. The molecule has 0 heterocycles. The molecule has 110 valence electrons. The summed E-state index contributed by atoms with van der Waals surface area (Å²) in [5.74, 6) is 0.125. The van der Waals surface area contributed by atoms with Crippen LogP contribution in [-0.4, -0.2) is 18.1 Å². The first kappa shape index (κ1) is 14.3. The number of fused-ring (bicyclic) bond motifs is 1.